The molecule has 29 heavy (non-hydrogen) atoms. The summed E-state index contributed by atoms with van der Waals surface area (Å²) in [4.78, 5) is 23.4. The molecule has 0 aliphatic heterocycles. The fourth-order valence-corrected chi connectivity index (χ4v) is 3.45. The summed E-state index contributed by atoms with van der Waals surface area (Å²) < 4.78 is 48.6. The van der Waals surface area contributed by atoms with Crippen molar-refractivity contribution in [1.29, 1.82) is 0 Å². The Morgan fingerprint density at radius 3 is 2.48 bits per heavy atom. The Morgan fingerprint density at radius 2 is 1.83 bits per heavy atom. The van der Waals surface area contributed by atoms with Crippen molar-refractivity contribution in [2.24, 2.45) is 0 Å². The fraction of sp³-hybridized carbons (Fsp3) is 0.222. The number of nitrogens with zero attached hydrogens (tertiary/aromatic N) is 1. The highest BCUT2D eigenvalue weighted by molar-refractivity contribution is 7.89. The Kier molecular flexibility index (Phi) is 7.54. The van der Waals surface area contributed by atoms with Gasteiger partial charge >= 0.3 is 5.97 Å². The number of anilines is 1. The quantitative estimate of drug-likeness (QED) is 0.627. The fourth-order valence-electron chi connectivity index (χ4n) is 2.06. The van der Waals surface area contributed by atoms with Crippen molar-refractivity contribution in [2.75, 3.05) is 32.6 Å². The van der Waals surface area contributed by atoms with E-state index < -0.39 is 40.9 Å². The monoisotopic (exact) mass is 444 g/mol. The van der Waals surface area contributed by atoms with Gasteiger partial charge in [-0.15, -0.1) is 0 Å². The molecular weight excluding hydrogens is 427 g/mol. The molecule has 11 heteroatoms. The highest BCUT2D eigenvalue weighted by Gasteiger charge is 2.21. The van der Waals surface area contributed by atoms with Crippen LogP contribution in [0, 0.1) is 5.82 Å². The van der Waals surface area contributed by atoms with E-state index in [1.807, 2.05) is 0 Å². The zero-order valence-electron chi connectivity index (χ0n) is 15.5. The van der Waals surface area contributed by atoms with Crippen LogP contribution in [0.5, 0.6) is 5.75 Å². The Bertz CT molecular complexity index is 1010. The molecule has 2 aromatic rings. The number of hydrogen-bond donors (Lipinski definition) is 1. The largest absolute Gasteiger partial charge is 0.479 e. The molecular formula is C18H18ClFN2O6S. The van der Waals surface area contributed by atoms with Crippen LogP contribution in [-0.2, 0) is 24.3 Å². The standard InChI is InChI=1S/C18H18ClFN2O6S/c1-22(2)29(25,26)16-9-12(7-8-13(16)19)21-17(23)10-28-18(24)11-27-15-6-4-3-5-14(15)20/h3-9H,10-11H2,1-2H3,(H,21,23). The van der Waals surface area contributed by atoms with Crippen molar-refractivity contribution in [3.8, 4) is 5.75 Å². The van der Waals surface area contributed by atoms with Gasteiger partial charge in [0.1, 0.15) is 4.90 Å². The maximum atomic E-state index is 13.4. The molecule has 156 valence electrons. The van der Waals surface area contributed by atoms with E-state index in [4.69, 9.17) is 21.1 Å². The molecule has 2 aromatic carbocycles. The average molecular weight is 445 g/mol. The summed E-state index contributed by atoms with van der Waals surface area (Å²) in [5.41, 5.74) is 0.151. The zero-order valence-corrected chi connectivity index (χ0v) is 17.1. The van der Waals surface area contributed by atoms with Gasteiger partial charge in [-0.05, 0) is 30.3 Å². The van der Waals surface area contributed by atoms with E-state index in [1.54, 1.807) is 0 Å². The lowest BCUT2D eigenvalue weighted by Crippen LogP contribution is -2.24. The number of nitrogens with one attached hydrogen (secondary N) is 1. The summed E-state index contributed by atoms with van der Waals surface area (Å²) in [6.45, 7) is -1.22. The van der Waals surface area contributed by atoms with Crippen LogP contribution in [0.3, 0.4) is 0 Å². The van der Waals surface area contributed by atoms with Gasteiger partial charge < -0.3 is 14.8 Å². The molecule has 0 aromatic heterocycles. The smallest absolute Gasteiger partial charge is 0.344 e. The highest BCUT2D eigenvalue weighted by atomic mass is 35.5. The van der Waals surface area contributed by atoms with Crippen LogP contribution in [-0.4, -0.2) is 51.9 Å². The topological polar surface area (TPSA) is 102 Å². The molecule has 2 rings (SSSR count). The number of hydrogen-bond acceptors (Lipinski definition) is 6. The van der Waals surface area contributed by atoms with Crippen LogP contribution in [0.1, 0.15) is 0 Å². The third-order valence-corrected chi connectivity index (χ3v) is 5.82. The van der Waals surface area contributed by atoms with Gasteiger partial charge in [0.05, 0.1) is 5.02 Å². The minimum Gasteiger partial charge on any atom is -0.479 e. The molecule has 0 heterocycles. The van der Waals surface area contributed by atoms with E-state index >= 15 is 0 Å². The van der Waals surface area contributed by atoms with Gasteiger partial charge in [0.25, 0.3) is 5.91 Å². The third-order valence-electron chi connectivity index (χ3n) is 3.52. The predicted octanol–water partition coefficient (Wildman–Crippen LogP) is 2.29. The van der Waals surface area contributed by atoms with Gasteiger partial charge in [-0.1, -0.05) is 23.7 Å². The molecule has 0 aliphatic rings. The second-order valence-electron chi connectivity index (χ2n) is 5.86. The molecule has 0 saturated heterocycles. The van der Waals surface area contributed by atoms with Crippen LogP contribution >= 0.6 is 11.6 Å². The summed E-state index contributed by atoms with van der Waals surface area (Å²) in [5.74, 6) is -2.34. The van der Waals surface area contributed by atoms with Gasteiger partial charge in [-0.25, -0.2) is 21.9 Å². The summed E-state index contributed by atoms with van der Waals surface area (Å²) in [5, 5.41) is 2.39. The number of ether oxygens (including phenoxy) is 2. The lowest BCUT2D eigenvalue weighted by molar-refractivity contribution is -0.149. The second-order valence-corrected chi connectivity index (χ2v) is 8.39. The van der Waals surface area contributed by atoms with E-state index in [0.717, 1.165) is 4.31 Å². The predicted molar refractivity (Wildman–Crippen MR) is 104 cm³/mol. The van der Waals surface area contributed by atoms with Gasteiger partial charge in [0, 0.05) is 19.8 Å². The normalized spacial score (nSPS) is 11.2. The number of benzene rings is 2. The number of carbonyl (C=O) groups is 2. The summed E-state index contributed by atoms with van der Waals surface area (Å²) >= 11 is 5.93. The first kappa shape index (κ1) is 22.6. The van der Waals surface area contributed by atoms with Crippen molar-refractivity contribution < 1.29 is 31.9 Å². The number of sulfonamides is 1. The SMILES string of the molecule is CN(C)S(=O)(=O)c1cc(NC(=O)COC(=O)COc2ccccc2F)ccc1Cl. The van der Waals surface area contributed by atoms with Crippen molar-refractivity contribution >= 4 is 39.2 Å². The van der Waals surface area contributed by atoms with Crippen LogP contribution in [0.2, 0.25) is 5.02 Å². The minimum atomic E-state index is -3.81. The van der Waals surface area contributed by atoms with Gasteiger partial charge in [0.2, 0.25) is 10.0 Å². The van der Waals surface area contributed by atoms with Crippen molar-refractivity contribution in [3.05, 3.63) is 53.3 Å². The Morgan fingerprint density at radius 1 is 1.14 bits per heavy atom. The highest BCUT2D eigenvalue weighted by Crippen LogP contribution is 2.26. The van der Waals surface area contributed by atoms with Crippen molar-refractivity contribution in [2.45, 2.75) is 4.90 Å². The van der Waals surface area contributed by atoms with Crippen LogP contribution in [0.4, 0.5) is 10.1 Å². The van der Waals surface area contributed by atoms with Gasteiger partial charge in [0.15, 0.2) is 24.8 Å². The maximum absolute atomic E-state index is 13.4. The first-order valence-electron chi connectivity index (χ1n) is 8.16. The number of amides is 1. The lowest BCUT2D eigenvalue weighted by Gasteiger charge is -2.14. The van der Waals surface area contributed by atoms with E-state index in [9.17, 15) is 22.4 Å². The molecule has 8 nitrogen and oxygen atoms in total. The third kappa shape index (κ3) is 6.14. The summed E-state index contributed by atoms with van der Waals surface area (Å²) in [6.07, 6.45) is 0. The van der Waals surface area contributed by atoms with Crippen LogP contribution < -0.4 is 10.1 Å². The van der Waals surface area contributed by atoms with Crippen molar-refractivity contribution in [1.82, 2.24) is 4.31 Å². The average Bonchev–Trinajstić information content (AvgIpc) is 2.67. The van der Waals surface area contributed by atoms with Crippen LogP contribution in [0.15, 0.2) is 47.4 Å². The zero-order chi connectivity index (χ0) is 21.6. The number of carbonyl (C=O) groups excluding carboxylic acids is 2. The molecule has 0 fully saturated rings. The number of rotatable bonds is 8. The first-order valence-corrected chi connectivity index (χ1v) is 9.98. The van der Waals surface area contributed by atoms with Gasteiger partial charge in [-0.2, -0.15) is 0 Å². The molecule has 1 N–H and O–H groups in total. The molecule has 0 unspecified atom stereocenters. The Labute approximate surface area is 172 Å². The molecule has 0 saturated carbocycles. The van der Waals surface area contributed by atoms with Crippen molar-refractivity contribution in [3.63, 3.8) is 0 Å². The van der Waals surface area contributed by atoms with E-state index in [1.165, 1.54) is 56.6 Å². The number of esters is 1. The molecule has 0 atom stereocenters. The number of para-hydroxylation sites is 1. The Balaban J connectivity index is 1.91. The van der Waals surface area contributed by atoms with Gasteiger partial charge in [-0.3, -0.25) is 4.79 Å². The molecule has 0 bridgehead atoms. The molecule has 1 amide bonds. The summed E-state index contributed by atoms with van der Waals surface area (Å²) in [6, 6.07) is 9.43. The lowest BCUT2D eigenvalue weighted by atomic mass is 10.3. The first-order chi connectivity index (χ1) is 13.6. The molecule has 0 aliphatic carbocycles. The Hall–Kier alpha value is -2.69. The van der Waals surface area contributed by atoms with E-state index in [0.29, 0.717) is 0 Å². The summed E-state index contributed by atoms with van der Waals surface area (Å²) in [7, 11) is -1.12. The molecule has 0 spiro atoms. The van der Waals surface area contributed by atoms with E-state index in [2.05, 4.69) is 5.32 Å². The minimum absolute atomic E-state index is 0.00609. The van der Waals surface area contributed by atoms with Crippen LogP contribution in [0.25, 0.3) is 0 Å². The maximum Gasteiger partial charge on any atom is 0.344 e. The van der Waals surface area contributed by atoms with E-state index in [-0.39, 0.29) is 21.4 Å². The molecule has 0 radical (unpaired) electrons. The second kappa shape index (κ2) is 9.68. The number of halogens is 2.